The third-order valence-corrected chi connectivity index (χ3v) is 5.13. The Balaban J connectivity index is 0.00000324. The molecule has 1 aliphatic rings. The van der Waals surface area contributed by atoms with Crippen LogP contribution in [0.1, 0.15) is 33.1 Å². The second-order valence-electron chi connectivity index (χ2n) is 5.19. The fourth-order valence-corrected chi connectivity index (χ4v) is 3.65. The van der Waals surface area contributed by atoms with Crippen LogP contribution in [0.25, 0.3) is 0 Å². The quantitative estimate of drug-likeness (QED) is 0.815. The highest BCUT2D eigenvalue weighted by Crippen LogP contribution is 2.19. The maximum absolute atomic E-state index is 12.0. The average molecular weight is 313 g/mol. The van der Waals surface area contributed by atoms with Crippen LogP contribution in [0.3, 0.4) is 0 Å². The number of piperidine rings is 1. The van der Waals surface area contributed by atoms with Gasteiger partial charge < -0.3 is 10.6 Å². The van der Waals surface area contributed by atoms with Crippen molar-refractivity contribution >= 4 is 28.2 Å². The molecule has 0 aromatic rings. The Labute approximate surface area is 122 Å². The molecule has 1 rings (SSSR count). The van der Waals surface area contributed by atoms with Gasteiger partial charge in [-0.25, -0.2) is 8.42 Å². The lowest BCUT2D eigenvalue weighted by Crippen LogP contribution is -2.46. The summed E-state index contributed by atoms with van der Waals surface area (Å²) in [5, 5.41) is 0. The average Bonchev–Trinajstić information content (AvgIpc) is 2.28. The highest BCUT2D eigenvalue weighted by molar-refractivity contribution is 7.92. The lowest BCUT2D eigenvalue weighted by molar-refractivity contribution is -0.130. The van der Waals surface area contributed by atoms with Crippen LogP contribution in [0.5, 0.6) is 0 Å². The number of hydrogen-bond donors (Lipinski definition) is 1. The smallest absolute Gasteiger partial charge is 0.237 e. The second-order valence-corrected chi connectivity index (χ2v) is 7.38. The molecule has 0 aromatic carbocycles. The molecule has 0 bridgehead atoms. The molecule has 2 unspecified atom stereocenters. The minimum absolute atomic E-state index is 0. The van der Waals surface area contributed by atoms with Crippen molar-refractivity contribution in [2.45, 2.75) is 39.2 Å². The molecule has 114 valence electrons. The molecular weight excluding hydrogens is 288 g/mol. The molecule has 1 saturated heterocycles. The third kappa shape index (κ3) is 6.10. The maximum atomic E-state index is 12.0. The Kier molecular flexibility index (Phi) is 7.93. The van der Waals surface area contributed by atoms with Crippen LogP contribution in [0.4, 0.5) is 0 Å². The Morgan fingerprint density at radius 1 is 1.47 bits per heavy atom. The summed E-state index contributed by atoms with van der Waals surface area (Å²) in [5.41, 5.74) is 5.85. The number of likely N-dealkylation sites (tertiary alicyclic amines) is 1. The Morgan fingerprint density at radius 3 is 2.63 bits per heavy atom. The third-order valence-electron chi connectivity index (χ3n) is 3.41. The van der Waals surface area contributed by atoms with Crippen LogP contribution in [-0.4, -0.2) is 49.9 Å². The summed E-state index contributed by atoms with van der Waals surface area (Å²) >= 11 is 0. The summed E-state index contributed by atoms with van der Waals surface area (Å²) < 4.78 is 23.3. The Bertz CT molecular complexity index is 384. The molecule has 2 N–H and O–H groups in total. The predicted molar refractivity (Wildman–Crippen MR) is 79.1 cm³/mol. The van der Waals surface area contributed by atoms with Crippen molar-refractivity contribution in [2.24, 2.45) is 11.7 Å². The molecule has 1 fully saturated rings. The molecule has 1 amide bonds. The highest BCUT2D eigenvalue weighted by atomic mass is 35.5. The number of rotatable bonds is 5. The summed E-state index contributed by atoms with van der Waals surface area (Å²) in [6.07, 6.45) is 2.48. The van der Waals surface area contributed by atoms with E-state index < -0.39 is 9.84 Å². The van der Waals surface area contributed by atoms with E-state index in [0.717, 1.165) is 12.8 Å². The summed E-state index contributed by atoms with van der Waals surface area (Å²) in [7, 11) is -3.24. The van der Waals surface area contributed by atoms with Crippen LogP contribution in [0.15, 0.2) is 0 Å². The SMILES string of the molecule is CCCS(=O)(=O)CC(=O)N1CCCC(C(C)N)C1.Cl. The minimum atomic E-state index is -3.24. The number of nitrogens with zero attached hydrogens (tertiary/aromatic N) is 1. The Hall–Kier alpha value is -0.330. The lowest BCUT2D eigenvalue weighted by atomic mass is 9.92. The number of hydrogen-bond acceptors (Lipinski definition) is 4. The molecule has 0 radical (unpaired) electrons. The van der Waals surface area contributed by atoms with Crippen LogP contribution in [0, 0.1) is 5.92 Å². The molecule has 5 nitrogen and oxygen atoms in total. The summed E-state index contributed by atoms with van der Waals surface area (Å²) in [6, 6.07) is 0.0489. The summed E-state index contributed by atoms with van der Waals surface area (Å²) in [4.78, 5) is 13.6. The first-order chi connectivity index (χ1) is 8.35. The van der Waals surface area contributed by atoms with Crippen molar-refractivity contribution in [1.29, 1.82) is 0 Å². The molecular formula is C12H25ClN2O3S. The van der Waals surface area contributed by atoms with E-state index in [1.165, 1.54) is 0 Å². The van der Waals surface area contributed by atoms with Gasteiger partial charge in [0.15, 0.2) is 9.84 Å². The molecule has 19 heavy (non-hydrogen) atoms. The molecule has 1 aliphatic heterocycles. The topological polar surface area (TPSA) is 80.5 Å². The summed E-state index contributed by atoms with van der Waals surface area (Å²) in [6.45, 7) is 4.99. The molecule has 0 aliphatic carbocycles. The fourth-order valence-electron chi connectivity index (χ4n) is 2.33. The van der Waals surface area contributed by atoms with E-state index in [9.17, 15) is 13.2 Å². The summed E-state index contributed by atoms with van der Waals surface area (Å²) in [5.74, 6) is -0.249. The normalized spacial score (nSPS) is 21.6. The van der Waals surface area contributed by atoms with Gasteiger partial charge in [0.25, 0.3) is 0 Å². The van der Waals surface area contributed by atoms with Gasteiger partial charge in [-0.15, -0.1) is 12.4 Å². The van der Waals surface area contributed by atoms with Crippen molar-refractivity contribution < 1.29 is 13.2 Å². The lowest BCUT2D eigenvalue weighted by Gasteiger charge is -2.34. The second kappa shape index (κ2) is 8.07. The number of carbonyl (C=O) groups is 1. The van der Waals surface area contributed by atoms with Gasteiger partial charge in [-0.1, -0.05) is 6.92 Å². The van der Waals surface area contributed by atoms with E-state index in [2.05, 4.69) is 0 Å². The van der Waals surface area contributed by atoms with Crippen LogP contribution in [-0.2, 0) is 14.6 Å². The van der Waals surface area contributed by atoms with Gasteiger partial charge in [0.05, 0.1) is 5.75 Å². The van der Waals surface area contributed by atoms with Gasteiger partial charge in [0.2, 0.25) is 5.91 Å². The minimum Gasteiger partial charge on any atom is -0.341 e. The standard InChI is InChI=1S/C12H24N2O3S.ClH/c1-3-7-18(16,17)9-12(15)14-6-4-5-11(8-14)10(2)13;/h10-11H,3-9,13H2,1-2H3;1H. The monoisotopic (exact) mass is 312 g/mol. The van der Waals surface area contributed by atoms with E-state index >= 15 is 0 Å². The fraction of sp³-hybridized carbons (Fsp3) is 0.917. The Morgan fingerprint density at radius 2 is 2.11 bits per heavy atom. The van der Waals surface area contributed by atoms with E-state index in [1.807, 2.05) is 6.92 Å². The number of nitrogens with two attached hydrogens (primary N) is 1. The van der Waals surface area contributed by atoms with Gasteiger partial charge in [0, 0.05) is 19.1 Å². The van der Waals surface area contributed by atoms with Crippen molar-refractivity contribution in [3.8, 4) is 0 Å². The van der Waals surface area contributed by atoms with Crippen molar-refractivity contribution in [3.05, 3.63) is 0 Å². The number of sulfone groups is 1. The van der Waals surface area contributed by atoms with E-state index in [-0.39, 0.29) is 41.8 Å². The van der Waals surface area contributed by atoms with Gasteiger partial charge in [-0.05, 0) is 32.1 Å². The predicted octanol–water partition coefficient (Wildman–Crippen LogP) is 0.819. The van der Waals surface area contributed by atoms with Crippen molar-refractivity contribution in [2.75, 3.05) is 24.6 Å². The zero-order chi connectivity index (χ0) is 13.8. The van der Waals surface area contributed by atoms with E-state index in [0.29, 0.717) is 19.5 Å². The largest absolute Gasteiger partial charge is 0.341 e. The van der Waals surface area contributed by atoms with Gasteiger partial charge in [-0.2, -0.15) is 0 Å². The zero-order valence-electron chi connectivity index (χ0n) is 11.7. The number of amides is 1. The van der Waals surface area contributed by atoms with Crippen molar-refractivity contribution in [3.63, 3.8) is 0 Å². The molecule has 1 heterocycles. The molecule has 0 saturated carbocycles. The van der Waals surface area contributed by atoms with Gasteiger partial charge >= 0.3 is 0 Å². The first-order valence-electron chi connectivity index (χ1n) is 6.59. The first kappa shape index (κ1) is 18.7. The first-order valence-corrected chi connectivity index (χ1v) is 8.41. The number of carbonyl (C=O) groups excluding carboxylic acids is 1. The zero-order valence-corrected chi connectivity index (χ0v) is 13.3. The molecule has 0 spiro atoms. The van der Waals surface area contributed by atoms with Gasteiger partial charge in [-0.3, -0.25) is 4.79 Å². The van der Waals surface area contributed by atoms with Crippen LogP contribution in [0.2, 0.25) is 0 Å². The molecule has 0 aromatic heterocycles. The van der Waals surface area contributed by atoms with E-state index in [1.54, 1.807) is 11.8 Å². The highest BCUT2D eigenvalue weighted by Gasteiger charge is 2.28. The molecule has 2 atom stereocenters. The van der Waals surface area contributed by atoms with Crippen LogP contribution >= 0.6 is 12.4 Å². The maximum Gasteiger partial charge on any atom is 0.237 e. The van der Waals surface area contributed by atoms with Crippen molar-refractivity contribution in [1.82, 2.24) is 4.90 Å². The van der Waals surface area contributed by atoms with Crippen LogP contribution < -0.4 is 5.73 Å². The molecule has 7 heteroatoms. The van der Waals surface area contributed by atoms with E-state index in [4.69, 9.17) is 5.73 Å². The van der Waals surface area contributed by atoms with Gasteiger partial charge in [0.1, 0.15) is 5.75 Å². The number of halogens is 1.